The van der Waals surface area contributed by atoms with Crippen LogP contribution in [0.1, 0.15) is 26.3 Å². The van der Waals surface area contributed by atoms with Gasteiger partial charge in [0.1, 0.15) is 0 Å². The van der Waals surface area contributed by atoms with Crippen LogP contribution in [0.4, 0.5) is 0 Å². The Morgan fingerprint density at radius 1 is 1.21 bits per heavy atom. The number of aliphatic hydroxyl groups excluding tert-OH is 1. The normalized spacial score (nSPS) is 15.2. The van der Waals surface area contributed by atoms with Crippen LogP contribution >= 0.6 is 0 Å². The highest BCUT2D eigenvalue weighted by Crippen LogP contribution is 2.18. The number of methoxy groups -OCH3 is 1. The number of nitrogens with one attached hydrogen (secondary N) is 1. The third-order valence-corrected chi connectivity index (χ3v) is 3.29. The molecule has 0 radical (unpaired) electrons. The van der Waals surface area contributed by atoms with Crippen molar-refractivity contribution in [1.82, 2.24) is 5.32 Å². The molecule has 1 aromatic carbocycles. The lowest BCUT2D eigenvalue weighted by atomic mass is 9.89. The minimum Gasteiger partial charge on any atom is -0.391 e. The molecule has 0 aliphatic carbocycles. The van der Waals surface area contributed by atoms with Crippen LogP contribution in [0.15, 0.2) is 30.3 Å². The van der Waals surface area contributed by atoms with Gasteiger partial charge >= 0.3 is 0 Å². The van der Waals surface area contributed by atoms with Gasteiger partial charge in [0.2, 0.25) is 0 Å². The number of benzene rings is 1. The third kappa shape index (κ3) is 6.19. The summed E-state index contributed by atoms with van der Waals surface area (Å²) in [5.74, 6) is 0. The van der Waals surface area contributed by atoms with E-state index in [9.17, 15) is 5.11 Å². The summed E-state index contributed by atoms with van der Waals surface area (Å²) in [6.45, 7) is 7.36. The largest absolute Gasteiger partial charge is 0.391 e. The smallest absolute Gasteiger partial charge is 0.0712 e. The summed E-state index contributed by atoms with van der Waals surface area (Å²) < 4.78 is 5.25. The second-order valence-electron chi connectivity index (χ2n) is 6.13. The quantitative estimate of drug-likeness (QED) is 0.794. The van der Waals surface area contributed by atoms with Crippen molar-refractivity contribution < 1.29 is 9.84 Å². The predicted octanol–water partition coefficient (Wildman–Crippen LogP) is 2.24. The van der Waals surface area contributed by atoms with Crippen LogP contribution in [0.2, 0.25) is 0 Å². The Morgan fingerprint density at radius 3 is 2.37 bits per heavy atom. The Bertz CT molecular complexity index is 346. The summed E-state index contributed by atoms with van der Waals surface area (Å²) in [7, 11) is 1.71. The maximum absolute atomic E-state index is 10.1. The Hall–Kier alpha value is -0.900. The van der Waals surface area contributed by atoms with E-state index in [1.165, 1.54) is 5.56 Å². The molecule has 0 saturated carbocycles. The molecule has 19 heavy (non-hydrogen) atoms. The molecule has 0 fully saturated rings. The van der Waals surface area contributed by atoms with Gasteiger partial charge in [0.05, 0.1) is 12.7 Å². The van der Waals surface area contributed by atoms with E-state index in [4.69, 9.17) is 4.74 Å². The molecule has 1 aromatic rings. The average molecular weight is 265 g/mol. The summed E-state index contributed by atoms with van der Waals surface area (Å²) in [6, 6.07) is 10.6. The lowest BCUT2D eigenvalue weighted by molar-refractivity contribution is 0.0560. The van der Waals surface area contributed by atoms with Crippen molar-refractivity contribution in [1.29, 1.82) is 0 Å². The number of aliphatic hydroxyl groups is 1. The highest BCUT2D eigenvalue weighted by Gasteiger charge is 2.22. The van der Waals surface area contributed by atoms with Gasteiger partial charge in [0, 0.05) is 19.7 Å². The van der Waals surface area contributed by atoms with E-state index in [1.54, 1.807) is 7.11 Å². The van der Waals surface area contributed by atoms with Crippen molar-refractivity contribution in [3.8, 4) is 0 Å². The van der Waals surface area contributed by atoms with Crippen molar-refractivity contribution in [2.75, 3.05) is 20.3 Å². The van der Waals surface area contributed by atoms with Gasteiger partial charge in [-0.2, -0.15) is 0 Å². The lowest BCUT2D eigenvalue weighted by Gasteiger charge is -2.28. The lowest BCUT2D eigenvalue weighted by Crippen LogP contribution is -2.43. The molecule has 0 heterocycles. The summed E-state index contributed by atoms with van der Waals surface area (Å²) in [5, 5.41) is 13.5. The molecule has 0 bridgehead atoms. The summed E-state index contributed by atoms with van der Waals surface area (Å²) in [6.07, 6.45) is 0.550. The Labute approximate surface area is 117 Å². The van der Waals surface area contributed by atoms with Crippen molar-refractivity contribution in [3.05, 3.63) is 35.9 Å². The summed E-state index contributed by atoms with van der Waals surface area (Å²) >= 11 is 0. The maximum Gasteiger partial charge on any atom is 0.0712 e. The van der Waals surface area contributed by atoms with Crippen LogP contribution in [-0.4, -0.2) is 37.5 Å². The standard InChI is InChI=1S/C16H27NO2/c1-16(2,3)15(18)11-17-14(12-19-4)10-13-8-6-5-7-9-13/h5-9,14-15,17-18H,10-12H2,1-4H3. The van der Waals surface area contributed by atoms with Crippen molar-refractivity contribution in [2.45, 2.75) is 39.3 Å². The zero-order chi connectivity index (χ0) is 14.3. The van der Waals surface area contributed by atoms with Gasteiger partial charge < -0.3 is 15.2 Å². The second-order valence-corrected chi connectivity index (χ2v) is 6.13. The molecule has 2 unspecified atom stereocenters. The van der Waals surface area contributed by atoms with E-state index >= 15 is 0 Å². The highest BCUT2D eigenvalue weighted by atomic mass is 16.5. The first-order chi connectivity index (χ1) is 8.93. The minimum atomic E-state index is -0.359. The van der Waals surface area contributed by atoms with Crippen LogP contribution in [0, 0.1) is 5.41 Å². The van der Waals surface area contributed by atoms with Gasteiger partial charge in [-0.25, -0.2) is 0 Å². The summed E-state index contributed by atoms with van der Waals surface area (Å²) in [4.78, 5) is 0. The van der Waals surface area contributed by atoms with E-state index in [1.807, 2.05) is 39.0 Å². The monoisotopic (exact) mass is 265 g/mol. The Kier molecular flexibility index (Phi) is 6.49. The van der Waals surface area contributed by atoms with E-state index < -0.39 is 0 Å². The maximum atomic E-state index is 10.1. The molecule has 0 saturated heterocycles. The molecule has 2 N–H and O–H groups in total. The fraction of sp³-hybridized carbons (Fsp3) is 0.625. The summed E-state index contributed by atoms with van der Waals surface area (Å²) in [5.41, 5.74) is 1.18. The second kappa shape index (κ2) is 7.63. The molecule has 0 aromatic heterocycles. The van der Waals surface area contributed by atoms with Crippen LogP contribution in [-0.2, 0) is 11.2 Å². The molecular weight excluding hydrogens is 238 g/mol. The van der Waals surface area contributed by atoms with Gasteiger partial charge in [-0.05, 0) is 17.4 Å². The van der Waals surface area contributed by atoms with E-state index in [0.29, 0.717) is 13.2 Å². The van der Waals surface area contributed by atoms with Gasteiger partial charge in [0.15, 0.2) is 0 Å². The molecule has 0 amide bonds. The molecule has 3 nitrogen and oxygen atoms in total. The van der Waals surface area contributed by atoms with Crippen LogP contribution in [0.5, 0.6) is 0 Å². The van der Waals surface area contributed by atoms with Gasteiger partial charge in [-0.3, -0.25) is 0 Å². The molecule has 108 valence electrons. The molecule has 1 rings (SSSR count). The minimum absolute atomic E-state index is 0.0998. The third-order valence-electron chi connectivity index (χ3n) is 3.29. The molecule has 0 aliphatic rings. The zero-order valence-electron chi connectivity index (χ0n) is 12.5. The first-order valence-corrected chi connectivity index (χ1v) is 6.88. The van der Waals surface area contributed by atoms with E-state index in [0.717, 1.165) is 6.42 Å². The number of ether oxygens (including phenoxy) is 1. The first kappa shape index (κ1) is 16.2. The zero-order valence-corrected chi connectivity index (χ0v) is 12.5. The first-order valence-electron chi connectivity index (χ1n) is 6.88. The van der Waals surface area contributed by atoms with Crippen LogP contribution in [0.25, 0.3) is 0 Å². The Morgan fingerprint density at radius 2 is 1.84 bits per heavy atom. The fourth-order valence-electron chi connectivity index (χ4n) is 1.87. The topological polar surface area (TPSA) is 41.5 Å². The fourth-order valence-corrected chi connectivity index (χ4v) is 1.87. The van der Waals surface area contributed by atoms with Crippen LogP contribution in [0.3, 0.4) is 0 Å². The Balaban J connectivity index is 2.49. The predicted molar refractivity (Wildman–Crippen MR) is 79.3 cm³/mol. The van der Waals surface area contributed by atoms with Crippen molar-refractivity contribution in [3.63, 3.8) is 0 Å². The van der Waals surface area contributed by atoms with Gasteiger partial charge in [-0.15, -0.1) is 0 Å². The number of rotatable bonds is 7. The number of hydrogen-bond acceptors (Lipinski definition) is 3. The SMILES string of the molecule is COCC(Cc1ccccc1)NCC(O)C(C)(C)C. The van der Waals surface area contributed by atoms with Crippen LogP contribution < -0.4 is 5.32 Å². The average Bonchev–Trinajstić information content (AvgIpc) is 2.36. The van der Waals surface area contributed by atoms with E-state index in [2.05, 4.69) is 17.4 Å². The van der Waals surface area contributed by atoms with Gasteiger partial charge in [-0.1, -0.05) is 51.1 Å². The van der Waals surface area contributed by atoms with Crippen molar-refractivity contribution >= 4 is 0 Å². The molecule has 2 atom stereocenters. The molecular formula is C16H27NO2. The van der Waals surface area contributed by atoms with Crippen molar-refractivity contribution in [2.24, 2.45) is 5.41 Å². The molecule has 0 spiro atoms. The molecule has 3 heteroatoms. The van der Waals surface area contributed by atoms with E-state index in [-0.39, 0.29) is 17.6 Å². The number of hydrogen-bond donors (Lipinski definition) is 2. The molecule has 0 aliphatic heterocycles. The highest BCUT2D eigenvalue weighted by molar-refractivity contribution is 5.15. The van der Waals surface area contributed by atoms with Gasteiger partial charge in [0.25, 0.3) is 0 Å².